The molecule has 1 saturated heterocycles. The molecule has 1 fully saturated rings. The average molecular weight is 404 g/mol. The van der Waals surface area contributed by atoms with Crippen LogP contribution in [0.5, 0.6) is 0 Å². The quantitative estimate of drug-likeness (QED) is 0.579. The zero-order valence-corrected chi connectivity index (χ0v) is 17.3. The minimum Gasteiger partial charge on any atom is -0.369 e. The number of thiocarbonyl (C=S) groups is 1. The van der Waals surface area contributed by atoms with Crippen LogP contribution in [-0.4, -0.2) is 23.6 Å². The van der Waals surface area contributed by atoms with E-state index in [9.17, 15) is 4.79 Å². The van der Waals surface area contributed by atoms with Gasteiger partial charge in [0, 0.05) is 29.5 Å². The van der Waals surface area contributed by atoms with E-state index in [1.54, 1.807) is 0 Å². The summed E-state index contributed by atoms with van der Waals surface area (Å²) in [4.78, 5) is 15.2. The van der Waals surface area contributed by atoms with Gasteiger partial charge >= 0.3 is 0 Å². The molecule has 1 amide bonds. The summed E-state index contributed by atoms with van der Waals surface area (Å²) >= 11 is 5.36. The van der Waals surface area contributed by atoms with Gasteiger partial charge in [-0.15, -0.1) is 0 Å². The van der Waals surface area contributed by atoms with Gasteiger partial charge in [-0.25, -0.2) is 0 Å². The zero-order valence-electron chi connectivity index (χ0n) is 16.5. The van der Waals surface area contributed by atoms with Crippen molar-refractivity contribution in [1.82, 2.24) is 5.32 Å². The van der Waals surface area contributed by atoms with Crippen molar-refractivity contribution in [1.29, 1.82) is 0 Å². The van der Waals surface area contributed by atoms with E-state index in [4.69, 9.17) is 12.2 Å². The van der Waals surface area contributed by atoms with Crippen LogP contribution in [0.15, 0.2) is 66.7 Å². The SMILES string of the molecule is C[C@@H]1CCCCN1c1ccc(NC(=S)NC(=O)c2cccc3ccccc23)cc1. The largest absolute Gasteiger partial charge is 0.369 e. The second-order valence-corrected chi connectivity index (χ2v) is 7.93. The standard InChI is InChI=1S/C24H25N3OS/c1-17-7-4-5-16-27(17)20-14-12-19(13-15-20)25-24(29)26-23(28)22-11-6-9-18-8-2-3-10-21(18)22/h2-3,6,8-15,17H,4-5,7,16H2,1H3,(H2,25,26,28,29)/t17-/m1/s1. The van der Waals surface area contributed by atoms with E-state index in [0.29, 0.717) is 16.7 Å². The van der Waals surface area contributed by atoms with Gasteiger partial charge in [0.1, 0.15) is 0 Å². The molecule has 148 valence electrons. The lowest BCUT2D eigenvalue weighted by Crippen LogP contribution is -2.37. The average Bonchev–Trinajstić information content (AvgIpc) is 2.74. The molecule has 2 N–H and O–H groups in total. The maximum atomic E-state index is 12.7. The van der Waals surface area contributed by atoms with Crippen molar-refractivity contribution in [2.45, 2.75) is 32.2 Å². The second-order valence-electron chi connectivity index (χ2n) is 7.52. The first-order chi connectivity index (χ1) is 14.1. The van der Waals surface area contributed by atoms with Crippen molar-refractivity contribution in [3.05, 3.63) is 72.3 Å². The molecule has 3 aromatic rings. The van der Waals surface area contributed by atoms with Crippen LogP contribution in [0.2, 0.25) is 0 Å². The summed E-state index contributed by atoms with van der Waals surface area (Å²) < 4.78 is 0. The molecule has 0 spiro atoms. The fraction of sp³-hybridized carbons (Fsp3) is 0.250. The maximum absolute atomic E-state index is 12.7. The highest BCUT2D eigenvalue weighted by Crippen LogP contribution is 2.26. The van der Waals surface area contributed by atoms with Crippen LogP contribution in [0.4, 0.5) is 11.4 Å². The lowest BCUT2D eigenvalue weighted by Gasteiger charge is -2.35. The molecule has 29 heavy (non-hydrogen) atoms. The molecule has 0 unspecified atom stereocenters. The van der Waals surface area contributed by atoms with Crippen molar-refractivity contribution in [2.24, 2.45) is 0 Å². The highest BCUT2D eigenvalue weighted by Gasteiger charge is 2.18. The number of hydrogen-bond donors (Lipinski definition) is 2. The highest BCUT2D eigenvalue weighted by atomic mass is 32.1. The minimum absolute atomic E-state index is 0.210. The van der Waals surface area contributed by atoms with Gasteiger partial charge in [0.15, 0.2) is 5.11 Å². The van der Waals surface area contributed by atoms with Crippen LogP contribution in [0.1, 0.15) is 36.5 Å². The van der Waals surface area contributed by atoms with E-state index in [0.717, 1.165) is 23.0 Å². The van der Waals surface area contributed by atoms with Gasteiger partial charge in [-0.3, -0.25) is 10.1 Å². The summed E-state index contributed by atoms with van der Waals surface area (Å²) in [6.45, 7) is 3.39. The molecule has 0 aromatic heterocycles. The molecule has 1 atom stereocenters. The molecule has 0 radical (unpaired) electrons. The van der Waals surface area contributed by atoms with Crippen LogP contribution in [0, 0.1) is 0 Å². The summed E-state index contributed by atoms with van der Waals surface area (Å²) in [5.74, 6) is -0.210. The molecule has 5 heteroatoms. The van der Waals surface area contributed by atoms with Gasteiger partial charge in [0.05, 0.1) is 0 Å². The number of amides is 1. The normalized spacial score (nSPS) is 16.4. The van der Waals surface area contributed by atoms with E-state index in [-0.39, 0.29) is 5.91 Å². The maximum Gasteiger partial charge on any atom is 0.258 e. The van der Waals surface area contributed by atoms with Crippen LogP contribution >= 0.6 is 12.2 Å². The smallest absolute Gasteiger partial charge is 0.258 e. The van der Waals surface area contributed by atoms with Gasteiger partial charge in [0.25, 0.3) is 5.91 Å². The van der Waals surface area contributed by atoms with E-state index in [1.807, 2.05) is 54.6 Å². The molecule has 4 nitrogen and oxygen atoms in total. The Kier molecular flexibility index (Phi) is 5.76. The number of anilines is 2. The fourth-order valence-corrected chi connectivity index (χ4v) is 4.18. The van der Waals surface area contributed by atoms with Crippen molar-refractivity contribution in [3.63, 3.8) is 0 Å². The summed E-state index contributed by atoms with van der Waals surface area (Å²) in [6, 6.07) is 22.3. The molecule has 0 bridgehead atoms. The number of nitrogens with one attached hydrogen (secondary N) is 2. The van der Waals surface area contributed by atoms with Crippen molar-refractivity contribution in [3.8, 4) is 0 Å². The summed E-state index contributed by atoms with van der Waals surface area (Å²) in [5, 5.41) is 8.14. The highest BCUT2D eigenvalue weighted by molar-refractivity contribution is 7.80. The Hall–Kier alpha value is -2.92. The monoisotopic (exact) mass is 403 g/mol. The molecule has 1 heterocycles. The van der Waals surface area contributed by atoms with E-state index < -0.39 is 0 Å². The molecular formula is C24H25N3OS. The third-order valence-corrected chi connectivity index (χ3v) is 5.73. The lowest BCUT2D eigenvalue weighted by molar-refractivity contribution is 0.0979. The number of fused-ring (bicyclic) bond motifs is 1. The van der Waals surface area contributed by atoms with Crippen LogP contribution in [0.3, 0.4) is 0 Å². The predicted octanol–water partition coefficient (Wildman–Crippen LogP) is 5.35. The van der Waals surface area contributed by atoms with Gasteiger partial charge in [-0.2, -0.15) is 0 Å². The second kappa shape index (κ2) is 8.62. The number of carbonyl (C=O) groups excluding carboxylic acids is 1. The Morgan fingerprint density at radius 2 is 1.76 bits per heavy atom. The third kappa shape index (κ3) is 4.40. The zero-order chi connectivity index (χ0) is 20.2. The molecule has 0 aliphatic carbocycles. The summed E-state index contributed by atoms with van der Waals surface area (Å²) in [5.41, 5.74) is 2.71. The Bertz CT molecular complexity index is 1030. The van der Waals surface area contributed by atoms with Crippen molar-refractivity contribution >= 4 is 45.4 Å². The minimum atomic E-state index is -0.210. The first-order valence-electron chi connectivity index (χ1n) is 10.1. The van der Waals surface area contributed by atoms with Crippen molar-refractivity contribution in [2.75, 3.05) is 16.8 Å². The topological polar surface area (TPSA) is 44.4 Å². The number of benzene rings is 3. The van der Waals surface area contributed by atoms with Gasteiger partial charge in [0.2, 0.25) is 0 Å². The summed E-state index contributed by atoms with van der Waals surface area (Å²) in [6.07, 6.45) is 3.79. The number of hydrogen-bond acceptors (Lipinski definition) is 3. The van der Waals surface area contributed by atoms with Crippen LogP contribution in [0.25, 0.3) is 10.8 Å². The Morgan fingerprint density at radius 3 is 2.55 bits per heavy atom. The van der Waals surface area contributed by atoms with Crippen LogP contribution < -0.4 is 15.5 Å². The Labute approximate surface area is 176 Å². The number of carbonyl (C=O) groups is 1. The molecule has 3 aromatic carbocycles. The number of nitrogens with zero attached hydrogens (tertiary/aromatic N) is 1. The van der Waals surface area contributed by atoms with E-state index in [1.165, 1.54) is 24.9 Å². The number of piperidine rings is 1. The summed E-state index contributed by atoms with van der Waals surface area (Å²) in [7, 11) is 0. The van der Waals surface area contributed by atoms with Crippen LogP contribution in [-0.2, 0) is 0 Å². The fourth-order valence-electron chi connectivity index (χ4n) is 3.97. The predicted molar refractivity (Wildman–Crippen MR) is 125 cm³/mol. The van der Waals surface area contributed by atoms with E-state index >= 15 is 0 Å². The molecule has 1 aliphatic rings. The molecule has 0 saturated carbocycles. The lowest BCUT2D eigenvalue weighted by atomic mass is 10.0. The first-order valence-corrected chi connectivity index (χ1v) is 10.5. The van der Waals surface area contributed by atoms with E-state index in [2.05, 4.69) is 34.6 Å². The molecule has 1 aliphatic heterocycles. The molecule has 4 rings (SSSR count). The first kappa shape index (κ1) is 19.4. The van der Waals surface area contributed by atoms with Crippen molar-refractivity contribution < 1.29 is 4.79 Å². The van der Waals surface area contributed by atoms with Gasteiger partial charge < -0.3 is 10.2 Å². The number of rotatable bonds is 3. The Morgan fingerprint density at radius 1 is 1.00 bits per heavy atom. The van der Waals surface area contributed by atoms with Gasteiger partial charge in [-0.1, -0.05) is 36.4 Å². The van der Waals surface area contributed by atoms with Gasteiger partial charge in [-0.05, 0) is 79.5 Å². The Balaban J connectivity index is 1.41. The molecular weight excluding hydrogens is 378 g/mol. The third-order valence-electron chi connectivity index (χ3n) is 5.52.